The molecule has 3 heteroatoms. The van der Waals surface area contributed by atoms with Gasteiger partial charge in [-0.1, -0.05) is 6.92 Å². The monoisotopic (exact) mass is 162 g/mol. The highest BCUT2D eigenvalue weighted by Gasteiger charge is 2.29. The first kappa shape index (κ1) is 8.65. The van der Waals surface area contributed by atoms with E-state index in [1.807, 2.05) is 6.92 Å². The van der Waals surface area contributed by atoms with Crippen molar-refractivity contribution in [2.24, 2.45) is 11.8 Å². The van der Waals surface area contributed by atoms with Crippen molar-refractivity contribution < 1.29 is 13.9 Å². The van der Waals surface area contributed by atoms with E-state index in [1.54, 1.807) is 0 Å². The summed E-state index contributed by atoms with van der Waals surface area (Å²) in [4.78, 5) is 0. The van der Waals surface area contributed by atoms with Crippen LogP contribution < -0.4 is 0 Å². The van der Waals surface area contributed by atoms with Crippen LogP contribution in [0.1, 0.15) is 19.8 Å². The lowest BCUT2D eigenvalue weighted by molar-refractivity contribution is 0.239. The maximum Gasteiger partial charge on any atom is 0.269 e. The van der Waals surface area contributed by atoms with Crippen molar-refractivity contribution in [3.8, 4) is 0 Å². The predicted octanol–water partition coefficient (Wildman–Crippen LogP) is 2.18. The van der Waals surface area contributed by atoms with Crippen LogP contribution in [0.3, 0.4) is 0 Å². The van der Waals surface area contributed by atoms with Crippen LogP contribution in [-0.4, -0.2) is 11.7 Å². The van der Waals surface area contributed by atoms with Crippen molar-refractivity contribution in [2.75, 3.05) is 6.61 Å². The van der Waals surface area contributed by atoms with E-state index in [-0.39, 0.29) is 18.1 Å². The highest BCUT2D eigenvalue weighted by Crippen LogP contribution is 2.37. The molecule has 1 aliphatic rings. The molecule has 64 valence electrons. The van der Waals surface area contributed by atoms with Gasteiger partial charge in [-0.25, -0.2) is 0 Å². The Hall–Kier alpha value is -0.440. The van der Waals surface area contributed by atoms with Gasteiger partial charge in [-0.2, -0.15) is 8.78 Å². The fraction of sp³-hybridized carbons (Fsp3) is 0.750. The van der Waals surface area contributed by atoms with Crippen molar-refractivity contribution in [3.63, 3.8) is 0 Å². The normalized spacial score (nSPS) is 31.1. The number of rotatable bonds is 1. The molecule has 0 aromatic heterocycles. The zero-order chi connectivity index (χ0) is 8.43. The molecular formula is C8H12F2O. The Labute approximate surface area is 64.7 Å². The molecule has 1 saturated carbocycles. The molecule has 1 N–H and O–H groups in total. The van der Waals surface area contributed by atoms with Crippen LogP contribution in [0, 0.1) is 11.8 Å². The van der Waals surface area contributed by atoms with E-state index in [2.05, 4.69) is 0 Å². The first-order valence-corrected chi connectivity index (χ1v) is 3.80. The predicted molar refractivity (Wildman–Crippen MR) is 38.2 cm³/mol. The third-order valence-electron chi connectivity index (χ3n) is 2.21. The fourth-order valence-electron chi connectivity index (χ4n) is 1.67. The number of aliphatic hydroxyl groups is 1. The molecule has 1 aliphatic carbocycles. The molecule has 1 fully saturated rings. The van der Waals surface area contributed by atoms with E-state index in [9.17, 15) is 8.78 Å². The van der Waals surface area contributed by atoms with Crippen molar-refractivity contribution in [1.29, 1.82) is 0 Å². The Kier molecular flexibility index (Phi) is 2.60. The number of aliphatic hydroxyl groups excluding tert-OH is 1. The Morgan fingerprint density at radius 2 is 2.27 bits per heavy atom. The molecule has 0 aliphatic heterocycles. The summed E-state index contributed by atoms with van der Waals surface area (Å²) in [5.41, 5.74) is 0.167. The molecule has 2 atom stereocenters. The number of halogens is 2. The maximum atomic E-state index is 12.1. The summed E-state index contributed by atoms with van der Waals surface area (Å²) in [6, 6.07) is 0. The van der Waals surface area contributed by atoms with Gasteiger partial charge in [-0.3, -0.25) is 0 Å². The van der Waals surface area contributed by atoms with E-state index in [1.165, 1.54) is 0 Å². The molecule has 11 heavy (non-hydrogen) atoms. The Bertz CT molecular complexity index is 173. The third-order valence-corrected chi connectivity index (χ3v) is 2.21. The van der Waals surface area contributed by atoms with Crippen molar-refractivity contribution in [1.82, 2.24) is 0 Å². The van der Waals surface area contributed by atoms with Crippen molar-refractivity contribution >= 4 is 0 Å². The maximum absolute atomic E-state index is 12.1. The van der Waals surface area contributed by atoms with E-state index >= 15 is 0 Å². The van der Waals surface area contributed by atoms with E-state index in [0.717, 1.165) is 0 Å². The molecular weight excluding hydrogens is 150 g/mol. The minimum absolute atomic E-state index is 0.142. The largest absolute Gasteiger partial charge is 0.396 e. The van der Waals surface area contributed by atoms with Gasteiger partial charge in [-0.15, -0.1) is 0 Å². The first-order valence-electron chi connectivity index (χ1n) is 3.80. The molecule has 0 heterocycles. The number of hydrogen-bond donors (Lipinski definition) is 1. The average molecular weight is 162 g/mol. The van der Waals surface area contributed by atoms with Crippen LogP contribution in [-0.2, 0) is 0 Å². The van der Waals surface area contributed by atoms with Gasteiger partial charge in [0.15, 0.2) is 0 Å². The fourth-order valence-corrected chi connectivity index (χ4v) is 1.67. The lowest BCUT2D eigenvalue weighted by atomic mass is 10.1. The van der Waals surface area contributed by atoms with Gasteiger partial charge in [0, 0.05) is 18.1 Å². The molecule has 0 bridgehead atoms. The highest BCUT2D eigenvalue weighted by atomic mass is 19.3. The summed E-state index contributed by atoms with van der Waals surface area (Å²) in [5, 5.41) is 8.74. The average Bonchev–Trinajstić information content (AvgIpc) is 2.30. The summed E-state index contributed by atoms with van der Waals surface area (Å²) in [6.45, 7) is 1.79. The summed E-state index contributed by atoms with van der Waals surface area (Å²) in [5.74, 6) is 0.0126. The zero-order valence-corrected chi connectivity index (χ0v) is 6.48. The molecule has 0 radical (unpaired) electrons. The second kappa shape index (κ2) is 3.30. The quantitative estimate of drug-likeness (QED) is 0.626. The van der Waals surface area contributed by atoms with Gasteiger partial charge in [0.25, 0.3) is 6.08 Å². The van der Waals surface area contributed by atoms with Crippen LogP contribution in [0.15, 0.2) is 11.7 Å². The molecule has 0 aromatic carbocycles. The summed E-state index contributed by atoms with van der Waals surface area (Å²) < 4.78 is 24.2. The Morgan fingerprint density at radius 3 is 2.64 bits per heavy atom. The third kappa shape index (κ3) is 1.77. The van der Waals surface area contributed by atoms with Gasteiger partial charge in [-0.05, 0) is 18.8 Å². The van der Waals surface area contributed by atoms with Crippen LogP contribution in [0.2, 0.25) is 0 Å². The first-order chi connectivity index (χ1) is 5.15. The summed E-state index contributed by atoms with van der Waals surface area (Å²) in [7, 11) is 0. The minimum Gasteiger partial charge on any atom is -0.396 e. The minimum atomic E-state index is -1.59. The topological polar surface area (TPSA) is 20.2 Å². The molecule has 0 saturated heterocycles. The van der Waals surface area contributed by atoms with E-state index < -0.39 is 6.08 Å². The smallest absolute Gasteiger partial charge is 0.269 e. The molecule has 0 unspecified atom stereocenters. The summed E-state index contributed by atoms with van der Waals surface area (Å²) >= 11 is 0. The Balaban J connectivity index is 2.73. The van der Waals surface area contributed by atoms with Crippen molar-refractivity contribution in [3.05, 3.63) is 11.7 Å². The van der Waals surface area contributed by atoms with Gasteiger partial charge < -0.3 is 5.11 Å². The van der Waals surface area contributed by atoms with Gasteiger partial charge in [0.2, 0.25) is 0 Å². The van der Waals surface area contributed by atoms with Gasteiger partial charge in [0.1, 0.15) is 0 Å². The highest BCUT2D eigenvalue weighted by molar-refractivity contribution is 5.13. The van der Waals surface area contributed by atoms with Crippen LogP contribution in [0.25, 0.3) is 0 Å². The molecule has 0 spiro atoms. The Morgan fingerprint density at radius 1 is 1.64 bits per heavy atom. The van der Waals surface area contributed by atoms with E-state index in [4.69, 9.17) is 5.11 Å². The second-order valence-electron chi connectivity index (χ2n) is 3.21. The lowest BCUT2D eigenvalue weighted by Gasteiger charge is -2.04. The van der Waals surface area contributed by atoms with Crippen LogP contribution >= 0.6 is 0 Å². The molecule has 0 amide bonds. The summed E-state index contributed by atoms with van der Waals surface area (Å²) in [6.07, 6.45) is -0.440. The SMILES string of the molecule is C[C@H]1CC(=C(F)F)[C@H](CO)C1. The van der Waals surface area contributed by atoms with E-state index in [0.29, 0.717) is 18.8 Å². The van der Waals surface area contributed by atoms with Crippen molar-refractivity contribution in [2.45, 2.75) is 19.8 Å². The molecule has 1 nitrogen and oxygen atoms in total. The zero-order valence-electron chi connectivity index (χ0n) is 6.48. The second-order valence-corrected chi connectivity index (χ2v) is 3.21. The van der Waals surface area contributed by atoms with Gasteiger partial charge >= 0.3 is 0 Å². The standard InChI is InChI=1S/C8H12F2O/c1-5-2-6(4-11)7(3-5)8(9)10/h5-6,11H,2-4H2,1H3/t5-,6+/m1/s1. The van der Waals surface area contributed by atoms with Crippen LogP contribution in [0.5, 0.6) is 0 Å². The number of hydrogen-bond acceptors (Lipinski definition) is 1. The van der Waals surface area contributed by atoms with Crippen LogP contribution in [0.4, 0.5) is 8.78 Å². The lowest BCUT2D eigenvalue weighted by Crippen LogP contribution is -2.03. The molecule has 0 aromatic rings. The molecule has 1 rings (SSSR count). The van der Waals surface area contributed by atoms with Gasteiger partial charge in [0.05, 0.1) is 0 Å².